The van der Waals surface area contributed by atoms with Crippen LogP contribution in [0.25, 0.3) is 5.03 Å². The Morgan fingerprint density at radius 2 is 1.82 bits per heavy atom. The van der Waals surface area contributed by atoms with Gasteiger partial charge in [-0.05, 0) is 44.4 Å². The molecule has 1 N–H and O–H groups in total. The average molecular weight is 318 g/mol. The quantitative estimate of drug-likeness (QED) is 0.819. The summed E-state index contributed by atoms with van der Waals surface area (Å²) in [6, 6.07) is 1.99. The van der Waals surface area contributed by atoms with Crippen molar-refractivity contribution in [2.75, 3.05) is 0 Å². The zero-order chi connectivity index (χ0) is 13.3. The van der Waals surface area contributed by atoms with Crippen LogP contribution in [0.1, 0.15) is 29.2 Å². The number of carboxylic acids is 1. The second-order valence-electron chi connectivity index (χ2n) is 4.07. The highest BCUT2D eigenvalue weighted by Crippen LogP contribution is 2.34. The first kappa shape index (κ1) is 14.3. The molecule has 0 aliphatic carbocycles. The van der Waals surface area contributed by atoms with E-state index in [1.54, 1.807) is 0 Å². The SMILES string of the molecule is CC(C(=O)O)=C(Cl)c1c(C)cc(C)c(Br)c1C. The van der Waals surface area contributed by atoms with Gasteiger partial charge in [0.15, 0.2) is 0 Å². The van der Waals surface area contributed by atoms with E-state index in [9.17, 15) is 4.79 Å². The maximum absolute atomic E-state index is 10.9. The van der Waals surface area contributed by atoms with Crippen molar-refractivity contribution >= 4 is 38.5 Å². The van der Waals surface area contributed by atoms with Crippen molar-refractivity contribution in [1.29, 1.82) is 0 Å². The second-order valence-corrected chi connectivity index (χ2v) is 5.24. The molecule has 0 bridgehead atoms. The number of hydrogen-bond donors (Lipinski definition) is 1. The summed E-state index contributed by atoms with van der Waals surface area (Å²) in [4.78, 5) is 10.9. The molecule has 0 atom stereocenters. The summed E-state index contributed by atoms with van der Waals surface area (Å²) in [7, 11) is 0. The fraction of sp³-hybridized carbons (Fsp3) is 0.308. The fourth-order valence-corrected chi connectivity index (χ4v) is 2.46. The van der Waals surface area contributed by atoms with E-state index >= 15 is 0 Å². The Balaban J connectivity index is 3.59. The average Bonchev–Trinajstić information content (AvgIpc) is 2.24. The monoisotopic (exact) mass is 316 g/mol. The molecule has 1 aromatic rings. The first-order valence-corrected chi connectivity index (χ1v) is 6.30. The number of halogens is 2. The van der Waals surface area contributed by atoms with Crippen LogP contribution in [0.4, 0.5) is 0 Å². The number of aryl methyl sites for hydroxylation is 2. The molecule has 0 spiro atoms. The first-order valence-electron chi connectivity index (χ1n) is 5.13. The minimum absolute atomic E-state index is 0.161. The number of hydrogen-bond acceptors (Lipinski definition) is 1. The molecule has 0 heterocycles. The Labute approximate surface area is 114 Å². The smallest absolute Gasteiger partial charge is 0.332 e. The van der Waals surface area contributed by atoms with Crippen molar-refractivity contribution in [2.24, 2.45) is 0 Å². The highest BCUT2D eigenvalue weighted by atomic mass is 79.9. The summed E-state index contributed by atoms with van der Waals surface area (Å²) < 4.78 is 0.967. The molecular formula is C13H14BrClO2. The molecule has 0 aliphatic heterocycles. The third-order valence-electron chi connectivity index (χ3n) is 2.75. The topological polar surface area (TPSA) is 37.3 Å². The summed E-state index contributed by atoms with van der Waals surface area (Å²) >= 11 is 9.65. The number of carbonyl (C=O) groups is 1. The molecule has 0 fully saturated rings. The van der Waals surface area contributed by atoms with E-state index in [-0.39, 0.29) is 5.57 Å². The van der Waals surface area contributed by atoms with Crippen LogP contribution < -0.4 is 0 Å². The molecule has 0 aromatic heterocycles. The summed E-state index contributed by atoms with van der Waals surface area (Å²) in [5.41, 5.74) is 4.01. The van der Waals surface area contributed by atoms with Crippen LogP contribution in [0.15, 0.2) is 16.1 Å². The predicted octanol–water partition coefficient (Wildman–Crippen LogP) is 4.43. The van der Waals surface area contributed by atoms with E-state index in [4.69, 9.17) is 16.7 Å². The van der Waals surface area contributed by atoms with Crippen molar-refractivity contribution in [2.45, 2.75) is 27.7 Å². The molecule has 0 unspecified atom stereocenters. The van der Waals surface area contributed by atoms with Gasteiger partial charge in [0.2, 0.25) is 0 Å². The third kappa shape index (κ3) is 2.72. The maximum atomic E-state index is 10.9. The lowest BCUT2D eigenvalue weighted by atomic mass is 9.98. The summed E-state index contributed by atoms with van der Waals surface area (Å²) in [6.45, 7) is 7.36. The first-order chi connectivity index (χ1) is 7.77. The fourth-order valence-electron chi connectivity index (χ4n) is 1.78. The van der Waals surface area contributed by atoms with Gasteiger partial charge in [-0.2, -0.15) is 0 Å². The maximum Gasteiger partial charge on any atom is 0.332 e. The Morgan fingerprint density at radius 1 is 1.29 bits per heavy atom. The lowest BCUT2D eigenvalue weighted by Gasteiger charge is -2.14. The van der Waals surface area contributed by atoms with Crippen molar-refractivity contribution in [3.05, 3.63) is 38.4 Å². The highest BCUT2D eigenvalue weighted by Gasteiger charge is 2.16. The summed E-state index contributed by atoms with van der Waals surface area (Å²) in [6.07, 6.45) is 0. The van der Waals surface area contributed by atoms with Gasteiger partial charge in [0.05, 0.1) is 10.6 Å². The van der Waals surface area contributed by atoms with E-state index in [0.29, 0.717) is 5.03 Å². The second kappa shape index (κ2) is 5.23. The number of aliphatic carboxylic acids is 1. The molecule has 1 aromatic carbocycles. The van der Waals surface area contributed by atoms with Gasteiger partial charge in [0, 0.05) is 10.0 Å². The molecule has 0 saturated carbocycles. The molecule has 1 rings (SSSR count). The molecule has 2 nitrogen and oxygen atoms in total. The van der Waals surface area contributed by atoms with Gasteiger partial charge >= 0.3 is 5.97 Å². The van der Waals surface area contributed by atoms with Crippen LogP contribution in [0.3, 0.4) is 0 Å². The van der Waals surface area contributed by atoms with Crippen LogP contribution in [0.2, 0.25) is 0 Å². The van der Waals surface area contributed by atoms with Crippen molar-refractivity contribution < 1.29 is 9.90 Å². The van der Waals surface area contributed by atoms with Gasteiger partial charge in [-0.3, -0.25) is 0 Å². The van der Waals surface area contributed by atoms with Crippen LogP contribution in [-0.2, 0) is 4.79 Å². The third-order valence-corrected chi connectivity index (χ3v) is 4.44. The van der Waals surface area contributed by atoms with E-state index in [1.165, 1.54) is 6.92 Å². The Kier molecular flexibility index (Phi) is 4.39. The minimum atomic E-state index is -0.995. The highest BCUT2D eigenvalue weighted by molar-refractivity contribution is 9.10. The van der Waals surface area contributed by atoms with Crippen molar-refractivity contribution in [1.82, 2.24) is 0 Å². The normalized spacial score (nSPS) is 12.4. The van der Waals surface area contributed by atoms with E-state index < -0.39 is 5.97 Å². The molecule has 0 amide bonds. The summed E-state index contributed by atoms with van der Waals surface area (Å²) in [5.74, 6) is -0.995. The predicted molar refractivity (Wildman–Crippen MR) is 74.4 cm³/mol. The lowest BCUT2D eigenvalue weighted by Crippen LogP contribution is -2.01. The van der Waals surface area contributed by atoms with Gasteiger partial charge in [0.1, 0.15) is 0 Å². The van der Waals surface area contributed by atoms with Crippen molar-refractivity contribution in [3.63, 3.8) is 0 Å². The lowest BCUT2D eigenvalue weighted by molar-refractivity contribution is -0.132. The molecule has 0 saturated heterocycles. The Morgan fingerprint density at radius 3 is 2.29 bits per heavy atom. The van der Waals surface area contributed by atoms with Gasteiger partial charge in [0.25, 0.3) is 0 Å². The summed E-state index contributed by atoms with van der Waals surface area (Å²) in [5, 5.41) is 9.26. The molecule has 0 aliphatic rings. The van der Waals surface area contributed by atoms with Gasteiger partial charge in [-0.1, -0.05) is 33.6 Å². The standard InChI is InChI=1S/C13H14BrClO2/c1-6-5-7(2)11(14)8(3)10(6)12(15)9(4)13(16)17/h5H,1-4H3,(H,16,17). The van der Waals surface area contributed by atoms with E-state index in [1.807, 2.05) is 26.8 Å². The van der Waals surface area contributed by atoms with Gasteiger partial charge < -0.3 is 5.11 Å². The van der Waals surface area contributed by atoms with Crippen LogP contribution in [0.5, 0.6) is 0 Å². The van der Waals surface area contributed by atoms with Crippen LogP contribution >= 0.6 is 27.5 Å². The Bertz CT molecular complexity index is 519. The molecule has 4 heteroatoms. The number of carboxylic acid groups (broad SMARTS) is 1. The van der Waals surface area contributed by atoms with Crippen LogP contribution in [0, 0.1) is 20.8 Å². The van der Waals surface area contributed by atoms with Gasteiger partial charge in [-0.15, -0.1) is 0 Å². The van der Waals surface area contributed by atoms with Gasteiger partial charge in [-0.25, -0.2) is 4.79 Å². The van der Waals surface area contributed by atoms with Crippen molar-refractivity contribution in [3.8, 4) is 0 Å². The van der Waals surface area contributed by atoms with Crippen LogP contribution in [-0.4, -0.2) is 11.1 Å². The molecule has 92 valence electrons. The van der Waals surface area contributed by atoms with E-state index in [0.717, 1.165) is 26.7 Å². The zero-order valence-electron chi connectivity index (χ0n) is 10.2. The number of benzene rings is 1. The Hall–Kier alpha value is -0.800. The largest absolute Gasteiger partial charge is 0.478 e. The van der Waals surface area contributed by atoms with E-state index in [2.05, 4.69) is 15.9 Å². The molecular weight excluding hydrogens is 303 g/mol. The molecule has 17 heavy (non-hydrogen) atoms. The number of rotatable bonds is 2. The zero-order valence-corrected chi connectivity index (χ0v) is 12.5. The molecule has 0 radical (unpaired) electrons. The minimum Gasteiger partial charge on any atom is -0.478 e.